The van der Waals surface area contributed by atoms with Gasteiger partial charge in [-0.1, -0.05) is 25.7 Å². The van der Waals surface area contributed by atoms with Gasteiger partial charge in [0.1, 0.15) is 11.1 Å². The molecule has 0 spiro atoms. The fourth-order valence-corrected chi connectivity index (χ4v) is 2.44. The van der Waals surface area contributed by atoms with E-state index in [1.54, 1.807) is 34.0 Å². The van der Waals surface area contributed by atoms with E-state index >= 15 is 0 Å². The highest BCUT2D eigenvalue weighted by molar-refractivity contribution is 6.07. The van der Waals surface area contributed by atoms with Gasteiger partial charge >= 0.3 is 5.97 Å². The summed E-state index contributed by atoms with van der Waals surface area (Å²) < 4.78 is 6.52. The molecular formula is C19H24N2O4. The first-order valence-electron chi connectivity index (χ1n) is 8.24. The Morgan fingerprint density at radius 2 is 2.12 bits per heavy atom. The number of H-pyrrole nitrogens is 1. The quantitative estimate of drug-likeness (QED) is 0.660. The molecule has 2 rings (SSSR count). The van der Waals surface area contributed by atoms with Crippen LogP contribution in [0.25, 0.3) is 10.9 Å². The van der Waals surface area contributed by atoms with Gasteiger partial charge < -0.3 is 19.4 Å². The SMILES string of the molecule is CCOC(=O)c1c(C)[nH]c2c(=O)n(C)cc(C#CC(C)(O)C(C)C)c12. The van der Waals surface area contributed by atoms with E-state index < -0.39 is 11.6 Å². The Balaban J connectivity index is 2.81. The van der Waals surface area contributed by atoms with Crippen LogP contribution >= 0.6 is 0 Å². The van der Waals surface area contributed by atoms with Gasteiger partial charge in [-0.05, 0) is 26.7 Å². The number of hydrogen-bond acceptors (Lipinski definition) is 4. The first-order valence-corrected chi connectivity index (χ1v) is 8.24. The van der Waals surface area contributed by atoms with E-state index in [9.17, 15) is 14.7 Å². The van der Waals surface area contributed by atoms with Crippen molar-refractivity contribution in [1.29, 1.82) is 0 Å². The number of pyridine rings is 1. The molecule has 6 nitrogen and oxygen atoms in total. The van der Waals surface area contributed by atoms with Gasteiger partial charge in [0.2, 0.25) is 0 Å². The number of nitrogens with zero attached hydrogens (tertiary/aromatic N) is 1. The second-order valence-electron chi connectivity index (χ2n) is 6.61. The highest BCUT2D eigenvalue weighted by Gasteiger charge is 2.24. The monoisotopic (exact) mass is 344 g/mol. The molecule has 0 fully saturated rings. The number of aromatic nitrogens is 2. The molecule has 2 N–H and O–H groups in total. The molecule has 0 aliphatic carbocycles. The molecule has 1 atom stereocenters. The van der Waals surface area contributed by atoms with Crippen LogP contribution in [0.15, 0.2) is 11.0 Å². The van der Waals surface area contributed by atoms with Crippen molar-refractivity contribution >= 4 is 16.9 Å². The number of carbonyl (C=O) groups excluding carboxylic acids is 1. The third kappa shape index (κ3) is 3.47. The molecule has 1 unspecified atom stereocenters. The zero-order chi connectivity index (χ0) is 18.9. The summed E-state index contributed by atoms with van der Waals surface area (Å²) >= 11 is 0. The summed E-state index contributed by atoms with van der Waals surface area (Å²) in [7, 11) is 1.62. The van der Waals surface area contributed by atoms with Crippen molar-refractivity contribution in [3.05, 3.63) is 33.4 Å². The predicted molar refractivity (Wildman–Crippen MR) is 96.6 cm³/mol. The minimum Gasteiger partial charge on any atom is -0.462 e. The highest BCUT2D eigenvalue weighted by Crippen LogP contribution is 2.24. The van der Waals surface area contributed by atoms with Gasteiger partial charge in [-0.2, -0.15) is 0 Å². The average Bonchev–Trinajstić information content (AvgIpc) is 2.87. The third-order valence-electron chi connectivity index (χ3n) is 4.37. The van der Waals surface area contributed by atoms with Crippen LogP contribution < -0.4 is 5.56 Å². The number of fused-ring (bicyclic) bond motifs is 1. The first kappa shape index (κ1) is 18.8. The van der Waals surface area contributed by atoms with Crippen molar-refractivity contribution in [2.75, 3.05) is 6.61 Å². The Hall–Kier alpha value is -2.52. The summed E-state index contributed by atoms with van der Waals surface area (Å²) in [5.74, 6) is 5.22. The van der Waals surface area contributed by atoms with Crippen molar-refractivity contribution in [1.82, 2.24) is 9.55 Å². The normalized spacial score (nSPS) is 13.4. The number of rotatable bonds is 3. The number of aliphatic hydroxyl groups is 1. The minimum atomic E-state index is -1.18. The maximum absolute atomic E-state index is 12.4. The first-order chi connectivity index (χ1) is 11.6. The summed E-state index contributed by atoms with van der Waals surface area (Å²) in [6.45, 7) is 9.05. The molecular weight excluding hydrogens is 320 g/mol. The van der Waals surface area contributed by atoms with Crippen LogP contribution in [0.3, 0.4) is 0 Å². The Morgan fingerprint density at radius 3 is 2.68 bits per heavy atom. The maximum Gasteiger partial charge on any atom is 0.340 e. The molecule has 0 aromatic carbocycles. The van der Waals surface area contributed by atoms with Crippen molar-refractivity contribution in [2.24, 2.45) is 13.0 Å². The fraction of sp³-hybridized carbons (Fsp3) is 0.474. The van der Waals surface area contributed by atoms with E-state index in [-0.39, 0.29) is 18.1 Å². The number of aromatic amines is 1. The van der Waals surface area contributed by atoms with Crippen molar-refractivity contribution in [3.8, 4) is 11.8 Å². The molecule has 0 saturated heterocycles. The second kappa shape index (κ2) is 6.77. The third-order valence-corrected chi connectivity index (χ3v) is 4.37. The largest absolute Gasteiger partial charge is 0.462 e. The van der Waals surface area contributed by atoms with Crippen LogP contribution in [0.5, 0.6) is 0 Å². The second-order valence-corrected chi connectivity index (χ2v) is 6.61. The molecule has 0 bridgehead atoms. The Morgan fingerprint density at radius 1 is 1.48 bits per heavy atom. The minimum absolute atomic E-state index is 0.0690. The maximum atomic E-state index is 12.4. The Bertz CT molecular complexity index is 936. The topological polar surface area (TPSA) is 84.3 Å². The molecule has 2 heterocycles. The summed E-state index contributed by atoms with van der Waals surface area (Å²) in [6, 6.07) is 0. The Labute approximate surface area is 146 Å². The summed E-state index contributed by atoms with van der Waals surface area (Å²) in [5.41, 5.74) is 0.217. The smallest absolute Gasteiger partial charge is 0.340 e. The van der Waals surface area contributed by atoms with Crippen LogP contribution in [0.4, 0.5) is 0 Å². The zero-order valence-corrected chi connectivity index (χ0v) is 15.5. The number of hydrogen-bond donors (Lipinski definition) is 2. The van der Waals surface area contributed by atoms with Gasteiger partial charge in [-0.3, -0.25) is 4.79 Å². The average molecular weight is 344 g/mol. The number of nitrogens with one attached hydrogen (secondary N) is 1. The number of esters is 1. The fourth-order valence-electron chi connectivity index (χ4n) is 2.44. The Kier molecular flexibility index (Phi) is 5.09. The van der Waals surface area contributed by atoms with E-state index in [0.29, 0.717) is 27.7 Å². The van der Waals surface area contributed by atoms with Gasteiger partial charge in [-0.25, -0.2) is 4.79 Å². The van der Waals surface area contributed by atoms with Crippen molar-refractivity contribution in [2.45, 2.75) is 40.2 Å². The van der Waals surface area contributed by atoms with E-state index in [4.69, 9.17) is 4.74 Å². The molecule has 0 aliphatic rings. The standard InChI is InChI=1S/C19H24N2O4/c1-7-25-18(23)14-12(4)20-16-15(14)13(10-21(6)17(16)22)8-9-19(5,24)11(2)3/h10-11,20,24H,7H2,1-6H3. The van der Waals surface area contributed by atoms with Gasteiger partial charge in [0.05, 0.1) is 17.7 Å². The molecule has 6 heteroatoms. The number of carbonyl (C=O) groups is 1. The lowest BCUT2D eigenvalue weighted by Crippen LogP contribution is -2.28. The summed E-state index contributed by atoms with van der Waals surface area (Å²) in [4.78, 5) is 27.7. The van der Waals surface area contributed by atoms with Crippen LogP contribution in [0.1, 0.15) is 49.3 Å². The molecule has 0 radical (unpaired) electrons. The van der Waals surface area contributed by atoms with E-state index in [1.807, 2.05) is 13.8 Å². The molecule has 0 saturated carbocycles. The van der Waals surface area contributed by atoms with Gasteiger partial charge in [-0.15, -0.1) is 0 Å². The highest BCUT2D eigenvalue weighted by atomic mass is 16.5. The lowest BCUT2D eigenvalue weighted by molar-refractivity contribution is 0.0527. The number of aryl methyl sites for hydroxylation is 2. The van der Waals surface area contributed by atoms with Crippen LogP contribution in [-0.2, 0) is 11.8 Å². The lowest BCUT2D eigenvalue weighted by Gasteiger charge is -2.20. The molecule has 2 aromatic heterocycles. The zero-order valence-electron chi connectivity index (χ0n) is 15.5. The molecule has 134 valence electrons. The summed E-state index contributed by atoms with van der Waals surface area (Å²) in [5, 5.41) is 10.8. The van der Waals surface area contributed by atoms with Crippen molar-refractivity contribution in [3.63, 3.8) is 0 Å². The number of ether oxygens (including phenoxy) is 1. The predicted octanol–water partition coefficient (Wildman–Crippen LogP) is 2.11. The van der Waals surface area contributed by atoms with E-state index in [1.165, 1.54) is 4.57 Å². The molecule has 0 aliphatic heterocycles. The van der Waals surface area contributed by atoms with Gasteiger partial charge in [0, 0.05) is 24.3 Å². The molecule has 2 aromatic rings. The van der Waals surface area contributed by atoms with Gasteiger partial charge in [0.25, 0.3) is 5.56 Å². The van der Waals surface area contributed by atoms with Crippen LogP contribution in [0.2, 0.25) is 0 Å². The van der Waals surface area contributed by atoms with Crippen LogP contribution in [-0.4, -0.2) is 32.8 Å². The summed E-state index contributed by atoms with van der Waals surface area (Å²) in [6.07, 6.45) is 1.57. The van der Waals surface area contributed by atoms with Crippen LogP contribution in [0, 0.1) is 24.7 Å². The molecule has 25 heavy (non-hydrogen) atoms. The van der Waals surface area contributed by atoms with Gasteiger partial charge in [0.15, 0.2) is 0 Å². The van der Waals surface area contributed by atoms with Crippen molar-refractivity contribution < 1.29 is 14.6 Å². The van der Waals surface area contributed by atoms with E-state index in [0.717, 1.165) is 0 Å². The lowest BCUT2D eigenvalue weighted by atomic mass is 9.93. The van der Waals surface area contributed by atoms with E-state index in [2.05, 4.69) is 16.8 Å². The molecule has 0 amide bonds.